The number of thiophene rings is 1. The van der Waals surface area contributed by atoms with E-state index in [0.29, 0.717) is 27.2 Å². The number of nitriles is 1. The van der Waals surface area contributed by atoms with Gasteiger partial charge in [-0.05, 0) is 55.9 Å². The summed E-state index contributed by atoms with van der Waals surface area (Å²) in [6.07, 6.45) is 6.02. The zero-order chi connectivity index (χ0) is 22.5. The highest BCUT2D eigenvalue weighted by Crippen LogP contribution is 2.37. The average molecular weight is 486 g/mol. The minimum absolute atomic E-state index is 0.132. The molecule has 2 aromatic heterocycles. The van der Waals surface area contributed by atoms with Crippen LogP contribution in [0.2, 0.25) is 5.02 Å². The van der Waals surface area contributed by atoms with E-state index in [9.17, 15) is 10.1 Å². The highest BCUT2D eigenvalue weighted by Gasteiger charge is 2.21. The SMILES string of the molecule is CCn1c(Cc2ccc(Cl)cc2)nnc1SCC(=O)Nc1sc2c(c1C#N)CCCCC2. The van der Waals surface area contributed by atoms with Crippen molar-refractivity contribution in [1.29, 1.82) is 5.26 Å². The maximum Gasteiger partial charge on any atom is 0.235 e. The number of amides is 1. The molecular weight excluding hydrogens is 462 g/mol. The number of carbonyl (C=O) groups is 1. The number of carbonyl (C=O) groups excluding carboxylic acids is 1. The monoisotopic (exact) mass is 485 g/mol. The molecule has 9 heteroatoms. The van der Waals surface area contributed by atoms with Crippen LogP contribution in [0.25, 0.3) is 0 Å². The molecule has 32 heavy (non-hydrogen) atoms. The van der Waals surface area contributed by atoms with Crippen molar-refractivity contribution in [2.45, 2.75) is 57.1 Å². The fourth-order valence-electron chi connectivity index (χ4n) is 3.90. The van der Waals surface area contributed by atoms with Crippen molar-refractivity contribution in [3.05, 3.63) is 56.7 Å². The molecule has 6 nitrogen and oxygen atoms in total. The molecule has 1 aliphatic rings. The number of fused-ring (bicyclic) bond motifs is 1. The number of aromatic nitrogens is 3. The highest BCUT2D eigenvalue weighted by molar-refractivity contribution is 7.99. The number of halogens is 1. The van der Waals surface area contributed by atoms with Gasteiger partial charge in [0.2, 0.25) is 5.91 Å². The molecule has 0 saturated heterocycles. The maximum atomic E-state index is 12.7. The third-order valence-corrected chi connectivity index (χ3v) is 7.93. The molecule has 166 valence electrons. The second-order valence-electron chi connectivity index (χ2n) is 7.66. The van der Waals surface area contributed by atoms with E-state index in [0.717, 1.165) is 49.2 Å². The Labute approximate surface area is 201 Å². The number of rotatable bonds is 7. The van der Waals surface area contributed by atoms with Gasteiger partial charge in [0, 0.05) is 22.9 Å². The van der Waals surface area contributed by atoms with Gasteiger partial charge in [-0.2, -0.15) is 5.26 Å². The quantitative estimate of drug-likeness (QED) is 0.354. The van der Waals surface area contributed by atoms with Gasteiger partial charge in [-0.25, -0.2) is 0 Å². The Hall–Kier alpha value is -2.34. The Kier molecular flexibility index (Phi) is 7.51. The summed E-state index contributed by atoms with van der Waals surface area (Å²) in [6, 6.07) is 10.00. The van der Waals surface area contributed by atoms with E-state index < -0.39 is 0 Å². The second kappa shape index (κ2) is 10.5. The molecule has 0 fully saturated rings. The summed E-state index contributed by atoms with van der Waals surface area (Å²) in [6.45, 7) is 2.76. The lowest BCUT2D eigenvalue weighted by molar-refractivity contribution is -0.113. The van der Waals surface area contributed by atoms with Gasteiger partial charge in [0.25, 0.3) is 0 Å². The molecule has 0 aliphatic heterocycles. The van der Waals surface area contributed by atoms with Gasteiger partial charge in [0.1, 0.15) is 16.9 Å². The summed E-state index contributed by atoms with van der Waals surface area (Å²) in [5.41, 5.74) is 2.88. The molecule has 0 radical (unpaired) electrons. The summed E-state index contributed by atoms with van der Waals surface area (Å²) < 4.78 is 2.03. The van der Waals surface area contributed by atoms with E-state index in [1.165, 1.54) is 23.1 Å². The van der Waals surface area contributed by atoms with Crippen LogP contribution < -0.4 is 5.32 Å². The van der Waals surface area contributed by atoms with Gasteiger partial charge >= 0.3 is 0 Å². The molecule has 2 heterocycles. The zero-order valence-corrected chi connectivity index (χ0v) is 20.2. The predicted octanol–water partition coefficient (Wildman–Crippen LogP) is 5.48. The number of hydrogen-bond donors (Lipinski definition) is 1. The van der Waals surface area contributed by atoms with E-state index in [-0.39, 0.29) is 11.7 Å². The third-order valence-electron chi connectivity index (χ3n) is 5.50. The Bertz CT molecular complexity index is 1150. The van der Waals surface area contributed by atoms with E-state index in [1.807, 2.05) is 35.8 Å². The van der Waals surface area contributed by atoms with Crippen molar-refractivity contribution in [2.24, 2.45) is 0 Å². The zero-order valence-electron chi connectivity index (χ0n) is 17.9. The maximum absolute atomic E-state index is 12.7. The Balaban J connectivity index is 1.41. The molecular formula is C23H24ClN5OS2. The van der Waals surface area contributed by atoms with Gasteiger partial charge < -0.3 is 9.88 Å². The van der Waals surface area contributed by atoms with E-state index in [4.69, 9.17) is 11.6 Å². The lowest BCUT2D eigenvalue weighted by atomic mass is 10.1. The van der Waals surface area contributed by atoms with Crippen molar-refractivity contribution in [1.82, 2.24) is 14.8 Å². The summed E-state index contributed by atoms with van der Waals surface area (Å²) in [5, 5.41) is 23.4. The highest BCUT2D eigenvalue weighted by atomic mass is 35.5. The van der Waals surface area contributed by atoms with Crippen LogP contribution in [-0.4, -0.2) is 26.4 Å². The molecule has 0 bridgehead atoms. The molecule has 0 atom stereocenters. The van der Waals surface area contributed by atoms with Gasteiger partial charge in [-0.1, -0.05) is 41.9 Å². The van der Waals surface area contributed by atoms with Crippen molar-refractivity contribution in [3.8, 4) is 6.07 Å². The topological polar surface area (TPSA) is 83.6 Å². The fourth-order valence-corrected chi connectivity index (χ4v) is 6.10. The first-order chi connectivity index (χ1) is 15.6. The lowest BCUT2D eigenvalue weighted by Crippen LogP contribution is -2.15. The summed E-state index contributed by atoms with van der Waals surface area (Å²) in [7, 11) is 0. The molecule has 1 aliphatic carbocycles. The minimum Gasteiger partial charge on any atom is -0.316 e. The van der Waals surface area contributed by atoms with E-state index in [1.54, 1.807) is 11.3 Å². The largest absolute Gasteiger partial charge is 0.316 e. The van der Waals surface area contributed by atoms with Crippen molar-refractivity contribution in [3.63, 3.8) is 0 Å². The number of benzene rings is 1. The Morgan fingerprint density at radius 2 is 2.03 bits per heavy atom. The Morgan fingerprint density at radius 3 is 2.78 bits per heavy atom. The van der Waals surface area contributed by atoms with Crippen LogP contribution in [0.4, 0.5) is 5.00 Å². The van der Waals surface area contributed by atoms with Crippen molar-refractivity contribution < 1.29 is 4.79 Å². The van der Waals surface area contributed by atoms with Crippen LogP contribution in [0, 0.1) is 11.3 Å². The molecule has 0 saturated carbocycles. The van der Waals surface area contributed by atoms with Crippen molar-refractivity contribution >= 4 is 45.6 Å². The average Bonchev–Trinajstić information content (AvgIpc) is 3.24. The summed E-state index contributed by atoms with van der Waals surface area (Å²) in [5.74, 6) is 0.936. The number of nitrogens with one attached hydrogen (secondary N) is 1. The van der Waals surface area contributed by atoms with Crippen LogP contribution in [-0.2, 0) is 30.6 Å². The van der Waals surface area contributed by atoms with Gasteiger partial charge in [-0.3, -0.25) is 4.79 Å². The first-order valence-electron chi connectivity index (χ1n) is 10.7. The molecule has 0 unspecified atom stereocenters. The molecule has 1 amide bonds. The van der Waals surface area contributed by atoms with E-state index >= 15 is 0 Å². The number of anilines is 1. The molecule has 0 spiro atoms. The van der Waals surface area contributed by atoms with Gasteiger partial charge in [-0.15, -0.1) is 21.5 Å². The molecule has 1 N–H and O–H groups in total. The standard InChI is InChI=1S/C23H24ClN5OS2/c1-2-29-20(12-15-8-10-16(24)11-9-15)27-28-23(29)31-14-21(30)26-22-18(13-25)17-6-4-3-5-7-19(17)32-22/h8-11H,2-7,12,14H2,1H3,(H,26,30). The fraction of sp³-hybridized carbons (Fsp3) is 0.391. The smallest absolute Gasteiger partial charge is 0.235 e. The summed E-state index contributed by atoms with van der Waals surface area (Å²) >= 11 is 8.89. The number of thioether (sulfide) groups is 1. The number of aryl methyl sites for hydroxylation is 1. The van der Waals surface area contributed by atoms with Crippen LogP contribution in [0.3, 0.4) is 0 Å². The molecule has 1 aromatic carbocycles. The first-order valence-corrected chi connectivity index (χ1v) is 12.9. The van der Waals surface area contributed by atoms with Gasteiger partial charge in [0.15, 0.2) is 5.16 Å². The van der Waals surface area contributed by atoms with Crippen LogP contribution in [0.5, 0.6) is 0 Å². The van der Waals surface area contributed by atoms with Crippen LogP contribution >= 0.6 is 34.7 Å². The first kappa shape index (κ1) is 22.8. The van der Waals surface area contributed by atoms with Gasteiger partial charge in [0.05, 0.1) is 11.3 Å². The van der Waals surface area contributed by atoms with Crippen LogP contribution in [0.15, 0.2) is 29.4 Å². The normalized spacial score (nSPS) is 13.3. The Morgan fingerprint density at radius 1 is 1.25 bits per heavy atom. The summed E-state index contributed by atoms with van der Waals surface area (Å²) in [4.78, 5) is 13.9. The number of hydrogen-bond acceptors (Lipinski definition) is 6. The third kappa shape index (κ3) is 5.17. The molecule has 4 rings (SSSR count). The molecule has 3 aromatic rings. The van der Waals surface area contributed by atoms with E-state index in [2.05, 4.69) is 21.6 Å². The number of nitrogens with zero attached hydrogens (tertiary/aromatic N) is 4. The van der Waals surface area contributed by atoms with Crippen LogP contribution in [0.1, 0.15) is 53.6 Å². The lowest BCUT2D eigenvalue weighted by Gasteiger charge is -2.08. The minimum atomic E-state index is -0.132. The second-order valence-corrected chi connectivity index (χ2v) is 10.1. The predicted molar refractivity (Wildman–Crippen MR) is 130 cm³/mol. The van der Waals surface area contributed by atoms with Crippen molar-refractivity contribution in [2.75, 3.05) is 11.1 Å².